The first-order valence-electron chi connectivity index (χ1n) is 8.90. The van der Waals surface area contributed by atoms with Crippen LogP contribution in [0.3, 0.4) is 0 Å². The fraction of sp³-hybridized carbons (Fsp3) is 0.263. The van der Waals surface area contributed by atoms with Crippen molar-refractivity contribution in [1.82, 2.24) is 19.3 Å². The first-order chi connectivity index (χ1) is 13.7. The van der Waals surface area contributed by atoms with Crippen molar-refractivity contribution in [3.05, 3.63) is 66.4 Å². The van der Waals surface area contributed by atoms with Gasteiger partial charge >= 0.3 is 6.18 Å². The highest BCUT2D eigenvalue weighted by Crippen LogP contribution is 2.33. The van der Waals surface area contributed by atoms with Gasteiger partial charge in [-0.1, -0.05) is 41.6 Å². The van der Waals surface area contributed by atoms with Crippen LogP contribution in [0, 0.1) is 0 Å². The summed E-state index contributed by atoms with van der Waals surface area (Å²) in [6, 6.07) is 13.0. The zero-order valence-corrected chi connectivity index (χ0v) is 15.9. The molecule has 1 unspecified atom stereocenters. The van der Waals surface area contributed by atoms with Crippen LogP contribution in [0.4, 0.5) is 13.2 Å². The molecule has 1 aromatic heterocycles. The van der Waals surface area contributed by atoms with E-state index < -0.39 is 21.8 Å². The highest BCUT2D eigenvalue weighted by atomic mass is 32.2. The Morgan fingerprint density at radius 2 is 1.79 bits per heavy atom. The highest BCUT2D eigenvalue weighted by Gasteiger charge is 2.36. The van der Waals surface area contributed by atoms with E-state index in [1.54, 1.807) is 10.9 Å². The van der Waals surface area contributed by atoms with Crippen molar-refractivity contribution in [2.24, 2.45) is 0 Å². The third-order valence-electron chi connectivity index (χ3n) is 4.88. The van der Waals surface area contributed by atoms with Crippen molar-refractivity contribution in [1.29, 1.82) is 0 Å². The Balaban J connectivity index is 1.53. The normalized spacial score (nSPS) is 18.2. The molecule has 1 atom stereocenters. The van der Waals surface area contributed by atoms with Crippen molar-refractivity contribution in [2.45, 2.75) is 23.5 Å². The van der Waals surface area contributed by atoms with Crippen LogP contribution in [-0.4, -0.2) is 40.8 Å². The van der Waals surface area contributed by atoms with Gasteiger partial charge in [-0.15, -0.1) is 5.10 Å². The quantitative estimate of drug-likeness (QED) is 0.644. The second kappa shape index (κ2) is 7.27. The van der Waals surface area contributed by atoms with E-state index in [0.29, 0.717) is 18.2 Å². The summed E-state index contributed by atoms with van der Waals surface area (Å²) in [5.41, 5.74) is 0.577. The minimum atomic E-state index is -4.60. The number of hydrogen-bond donors (Lipinski definition) is 0. The lowest BCUT2D eigenvalue weighted by molar-refractivity contribution is -0.137. The summed E-state index contributed by atoms with van der Waals surface area (Å²) in [7, 11) is -4.04. The number of aromatic nitrogens is 3. The van der Waals surface area contributed by atoms with Crippen molar-refractivity contribution < 1.29 is 21.6 Å². The standard InChI is InChI=1S/C19H17F3N4O2S/c20-19(21,22)15-7-4-8-17(11-15)29(27,28)25-10-9-16(12-25)26-13-18(23-24-26)14-5-2-1-3-6-14/h1-8,11,13,16H,9-10,12H2. The van der Waals surface area contributed by atoms with E-state index >= 15 is 0 Å². The number of benzene rings is 2. The van der Waals surface area contributed by atoms with Crippen LogP contribution in [0.1, 0.15) is 18.0 Å². The first-order valence-corrected chi connectivity index (χ1v) is 10.3. The van der Waals surface area contributed by atoms with Crippen LogP contribution in [0.15, 0.2) is 65.7 Å². The smallest absolute Gasteiger partial charge is 0.247 e. The van der Waals surface area contributed by atoms with Crippen LogP contribution in [-0.2, 0) is 16.2 Å². The predicted octanol–water partition coefficient (Wildman–Crippen LogP) is 3.60. The number of hydrogen-bond acceptors (Lipinski definition) is 4. The molecular formula is C19H17F3N4O2S. The van der Waals surface area contributed by atoms with E-state index in [1.807, 2.05) is 30.3 Å². The second-order valence-corrected chi connectivity index (χ2v) is 8.72. The summed E-state index contributed by atoms with van der Waals surface area (Å²) >= 11 is 0. The number of alkyl halides is 3. The molecule has 6 nitrogen and oxygen atoms in total. The molecule has 0 saturated carbocycles. The summed E-state index contributed by atoms with van der Waals surface area (Å²) in [5.74, 6) is 0. The van der Waals surface area contributed by atoms with Gasteiger partial charge in [0.15, 0.2) is 0 Å². The van der Waals surface area contributed by atoms with Crippen LogP contribution in [0.5, 0.6) is 0 Å². The van der Waals surface area contributed by atoms with Crippen LogP contribution < -0.4 is 0 Å². The summed E-state index contributed by atoms with van der Waals surface area (Å²) in [5, 5.41) is 8.24. The largest absolute Gasteiger partial charge is 0.416 e. The molecule has 0 amide bonds. The van der Waals surface area contributed by atoms with Crippen molar-refractivity contribution in [3.8, 4) is 11.3 Å². The topological polar surface area (TPSA) is 68.1 Å². The first kappa shape index (κ1) is 19.6. The molecule has 0 bridgehead atoms. The van der Waals surface area contributed by atoms with Gasteiger partial charge in [0.05, 0.1) is 22.7 Å². The van der Waals surface area contributed by atoms with Gasteiger partial charge in [0.2, 0.25) is 10.0 Å². The van der Waals surface area contributed by atoms with E-state index in [0.717, 1.165) is 17.7 Å². The summed E-state index contributed by atoms with van der Waals surface area (Å²) in [6.07, 6.45) is -2.36. The van der Waals surface area contributed by atoms with Gasteiger partial charge in [0.1, 0.15) is 5.69 Å². The molecule has 1 aliphatic heterocycles. The molecule has 1 aliphatic rings. The van der Waals surface area contributed by atoms with Crippen LogP contribution >= 0.6 is 0 Å². The summed E-state index contributed by atoms with van der Waals surface area (Å²) in [6.45, 7) is 0.319. The van der Waals surface area contributed by atoms with E-state index in [1.165, 1.54) is 10.4 Å². The average molecular weight is 422 g/mol. The molecule has 4 rings (SSSR count). The Labute approximate surface area is 165 Å². The maximum atomic E-state index is 12.9. The van der Waals surface area contributed by atoms with Gasteiger partial charge in [0.25, 0.3) is 0 Å². The Hall–Kier alpha value is -2.72. The SMILES string of the molecule is O=S(=O)(c1cccc(C(F)(F)F)c1)N1CCC(n2cc(-c3ccccc3)nn2)C1. The van der Waals surface area contributed by atoms with E-state index in [4.69, 9.17) is 0 Å². The molecule has 0 N–H and O–H groups in total. The molecule has 3 aromatic rings. The Morgan fingerprint density at radius 3 is 2.52 bits per heavy atom. The highest BCUT2D eigenvalue weighted by molar-refractivity contribution is 7.89. The van der Waals surface area contributed by atoms with E-state index in [9.17, 15) is 21.6 Å². The Morgan fingerprint density at radius 1 is 1.03 bits per heavy atom. The van der Waals surface area contributed by atoms with E-state index in [-0.39, 0.29) is 24.0 Å². The maximum Gasteiger partial charge on any atom is 0.416 e. The maximum absolute atomic E-state index is 12.9. The monoisotopic (exact) mass is 422 g/mol. The lowest BCUT2D eigenvalue weighted by Crippen LogP contribution is -2.29. The number of sulfonamides is 1. The number of nitrogens with zero attached hydrogens (tertiary/aromatic N) is 4. The molecule has 29 heavy (non-hydrogen) atoms. The molecular weight excluding hydrogens is 405 g/mol. The molecule has 1 fully saturated rings. The fourth-order valence-electron chi connectivity index (χ4n) is 3.32. The van der Waals surface area contributed by atoms with Gasteiger partial charge in [0, 0.05) is 18.7 Å². The van der Waals surface area contributed by atoms with E-state index in [2.05, 4.69) is 10.3 Å². The van der Waals surface area contributed by atoms with Gasteiger partial charge in [-0.25, -0.2) is 13.1 Å². The summed E-state index contributed by atoms with van der Waals surface area (Å²) < 4.78 is 67.3. The zero-order chi connectivity index (χ0) is 20.6. The van der Waals surface area contributed by atoms with Gasteiger partial charge in [-0.2, -0.15) is 17.5 Å². The predicted molar refractivity (Wildman–Crippen MR) is 99.3 cm³/mol. The van der Waals surface area contributed by atoms with Crippen LogP contribution in [0.2, 0.25) is 0 Å². The molecule has 0 aliphatic carbocycles. The van der Waals surface area contributed by atoms with Crippen LogP contribution in [0.25, 0.3) is 11.3 Å². The lowest BCUT2D eigenvalue weighted by Gasteiger charge is -2.17. The third-order valence-corrected chi connectivity index (χ3v) is 6.74. The van der Waals surface area contributed by atoms with Gasteiger partial charge in [-0.05, 0) is 24.6 Å². The van der Waals surface area contributed by atoms with Gasteiger partial charge < -0.3 is 0 Å². The number of halogens is 3. The lowest BCUT2D eigenvalue weighted by atomic mass is 10.2. The molecule has 0 radical (unpaired) electrons. The molecule has 1 saturated heterocycles. The molecule has 10 heteroatoms. The fourth-order valence-corrected chi connectivity index (χ4v) is 4.86. The number of rotatable bonds is 4. The molecule has 152 valence electrons. The van der Waals surface area contributed by atoms with Crippen molar-refractivity contribution in [2.75, 3.05) is 13.1 Å². The third kappa shape index (κ3) is 3.90. The molecule has 2 heterocycles. The molecule has 0 spiro atoms. The Bertz CT molecular complexity index is 1110. The second-order valence-electron chi connectivity index (χ2n) is 6.78. The Kier molecular flexibility index (Phi) is 4.91. The minimum Gasteiger partial charge on any atom is -0.247 e. The molecule has 2 aromatic carbocycles. The van der Waals surface area contributed by atoms with Gasteiger partial charge in [-0.3, -0.25) is 0 Å². The van der Waals surface area contributed by atoms with Crippen molar-refractivity contribution >= 4 is 10.0 Å². The average Bonchev–Trinajstić information content (AvgIpc) is 3.38. The van der Waals surface area contributed by atoms with Crippen molar-refractivity contribution in [3.63, 3.8) is 0 Å². The minimum absolute atomic E-state index is 0.121. The summed E-state index contributed by atoms with van der Waals surface area (Å²) in [4.78, 5) is -0.364. The zero-order valence-electron chi connectivity index (χ0n) is 15.1.